The molecule has 23 heavy (non-hydrogen) atoms. The molecule has 2 rings (SSSR count). The topological polar surface area (TPSA) is 75.4 Å². The lowest BCUT2D eigenvalue weighted by molar-refractivity contribution is -0.141. The number of rotatable bonds is 5. The number of thiophene rings is 1. The number of carbonyl (C=O) groups excluding carboxylic acids is 2. The zero-order valence-corrected chi connectivity index (χ0v) is 13.2. The molecule has 1 aromatic heterocycles. The number of nitrogens with zero attached hydrogens (tertiary/aromatic N) is 1. The van der Waals surface area contributed by atoms with Crippen LogP contribution in [0, 0.1) is 5.92 Å². The Balaban J connectivity index is 1.87. The first-order chi connectivity index (χ1) is 10.7. The molecule has 0 aromatic carbocycles. The lowest BCUT2D eigenvalue weighted by Gasteiger charge is -2.31. The van der Waals surface area contributed by atoms with Crippen molar-refractivity contribution >= 4 is 23.2 Å². The van der Waals surface area contributed by atoms with E-state index in [1.165, 1.54) is 11.3 Å². The van der Waals surface area contributed by atoms with E-state index in [1.54, 1.807) is 11.4 Å². The zero-order valence-electron chi connectivity index (χ0n) is 12.4. The van der Waals surface area contributed by atoms with Gasteiger partial charge in [0.25, 0.3) is 0 Å². The van der Waals surface area contributed by atoms with Crippen molar-refractivity contribution < 1.29 is 22.8 Å². The van der Waals surface area contributed by atoms with Crippen molar-refractivity contribution in [3.63, 3.8) is 0 Å². The van der Waals surface area contributed by atoms with E-state index in [9.17, 15) is 22.8 Å². The number of amides is 2. The van der Waals surface area contributed by atoms with Crippen LogP contribution in [0.3, 0.4) is 0 Å². The van der Waals surface area contributed by atoms with Gasteiger partial charge >= 0.3 is 6.18 Å². The summed E-state index contributed by atoms with van der Waals surface area (Å²) in [4.78, 5) is 25.9. The molecule has 1 atom stereocenters. The number of alkyl halides is 3. The molecule has 2 amide bonds. The van der Waals surface area contributed by atoms with Crippen LogP contribution >= 0.6 is 11.3 Å². The van der Waals surface area contributed by atoms with Crippen molar-refractivity contribution in [2.45, 2.75) is 25.6 Å². The number of piperidine rings is 1. The van der Waals surface area contributed by atoms with Crippen LogP contribution in [0.5, 0.6) is 0 Å². The van der Waals surface area contributed by atoms with E-state index in [1.807, 2.05) is 10.2 Å². The molecule has 0 bridgehead atoms. The van der Waals surface area contributed by atoms with Gasteiger partial charge in [0.05, 0.1) is 11.5 Å². The monoisotopic (exact) mass is 349 g/mol. The van der Waals surface area contributed by atoms with Crippen LogP contribution in [0.4, 0.5) is 13.2 Å². The average molecular weight is 349 g/mol. The third-order valence-electron chi connectivity index (χ3n) is 3.66. The summed E-state index contributed by atoms with van der Waals surface area (Å²) in [5.41, 5.74) is 5.65. The van der Waals surface area contributed by atoms with E-state index in [0.29, 0.717) is 25.1 Å². The van der Waals surface area contributed by atoms with E-state index in [-0.39, 0.29) is 0 Å². The van der Waals surface area contributed by atoms with Gasteiger partial charge in [0.15, 0.2) is 0 Å². The van der Waals surface area contributed by atoms with Crippen LogP contribution in [0.15, 0.2) is 11.4 Å². The predicted molar refractivity (Wildman–Crippen MR) is 79.9 cm³/mol. The molecule has 0 saturated carbocycles. The van der Waals surface area contributed by atoms with E-state index in [4.69, 9.17) is 5.73 Å². The van der Waals surface area contributed by atoms with Gasteiger partial charge in [-0.25, -0.2) is 0 Å². The van der Waals surface area contributed by atoms with E-state index < -0.39 is 30.5 Å². The number of nitrogens with two attached hydrogens (primary N) is 1. The van der Waals surface area contributed by atoms with Crippen molar-refractivity contribution in [3.05, 3.63) is 21.9 Å². The Labute approximate surface area is 135 Å². The molecule has 1 saturated heterocycles. The van der Waals surface area contributed by atoms with Crippen molar-refractivity contribution in [2.24, 2.45) is 11.7 Å². The molecule has 0 aliphatic carbocycles. The molecular formula is C14H18F3N3O2S. The lowest BCUT2D eigenvalue weighted by atomic mass is 9.97. The summed E-state index contributed by atoms with van der Waals surface area (Å²) < 4.78 is 36.5. The molecule has 1 aliphatic rings. The second-order valence-corrected chi connectivity index (χ2v) is 6.57. The SMILES string of the molecule is NC(=O)c1csc(CN2CCC[C@H](C(=O)NCC(F)(F)F)C2)c1. The third kappa shape index (κ3) is 5.51. The Bertz CT molecular complexity index is 574. The molecule has 2 heterocycles. The second-order valence-electron chi connectivity index (χ2n) is 5.57. The molecule has 1 aromatic rings. The van der Waals surface area contributed by atoms with Gasteiger partial charge in [-0.2, -0.15) is 13.2 Å². The van der Waals surface area contributed by atoms with Crippen LogP contribution in [0.2, 0.25) is 0 Å². The van der Waals surface area contributed by atoms with E-state index >= 15 is 0 Å². The minimum absolute atomic E-state index is 0.410. The van der Waals surface area contributed by atoms with Gasteiger partial charge in [-0.05, 0) is 25.5 Å². The summed E-state index contributed by atoms with van der Waals surface area (Å²) in [5, 5.41) is 3.62. The third-order valence-corrected chi connectivity index (χ3v) is 4.58. The van der Waals surface area contributed by atoms with Crippen molar-refractivity contribution in [1.29, 1.82) is 0 Å². The predicted octanol–water partition coefficient (Wildman–Crippen LogP) is 1.74. The van der Waals surface area contributed by atoms with Crippen LogP contribution in [0.25, 0.3) is 0 Å². The highest BCUT2D eigenvalue weighted by Crippen LogP contribution is 2.22. The number of carbonyl (C=O) groups is 2. The van der Waals surface area contributed by atoms with Gasteiger partial charge in [0.1, 0.15) is 6.54 Å². The van der Waals surface area contributed by atoms with Crippen LogP contribution in [-0.2, 0) is 11.3 Å². The summed E-state index contributed by atoms with van der Waals surface area (Å²) in [6, 6.07) is 1.71. The zero-order chi connectivity index (χ0) is 17.0. The van der Waals surface area contributed by atoms with Crippen LogP contribution in [-0.4, -0.2) is 42.5 Å². The molecule has 0 unspecified atom stereocenters. The number of hydrogen-bond donors (Lipinski definition) is 2. The van der Waals surface area contributed by atoms with Crippen molar-refractivity contribution in [2.75, 3.05) is 19.6 Å². The quantitative estimate of drug-likeness (QED) is 0.850. The molecule has 1 aliphatic heterocycles. The standard InChI is InChI=1S/C14H18F3N3O2S/c15-14(16,17)8-19-13(22)9-2-1-3-20(5-9)6-11-4-10(7-23-11)12(18)21/h4,7,9H,1-3,5-6,8H2,(H2,18,21)(H,19,22)/t9-/m0/s1. The number of halogens is 3. The Morgan fingerprint density at radius 1 is 1.43 bits per heavy atom. The minimum atomic E-state index is -4.40. The summed E-state index contributed by atoms with van der Waals surface area (Å²) in [6.07, 6.45) is -3.07. The highest BCUT2D eigenvalue weighted by Gasteiger charge is 2.31. The fourth-order valence-electron chi connectivity index (χ4n) is 2.56. The Morgan fingerprint density at radius 2 is 2.17 bits per heavy atom. The van der Waals surface area contributed by atoms with Gasteiger partial charge in [0.2, 0.25) is 11.8 Å². The second kappa shape index (κ2) is 7.31. The van der Waals surface area contributed by atoms with Crippen LogP contribution < -0.4 is 11.1 Å². The van der Waals surface area contributed by atoms with Gasteiger partial charge in [0, 0.05) is 23.3 Å². The Morgan fingerprint density at radius 3 is 2.78 bits per heavy atom. The minimum Gasteiger partial charge on any atom is -0.366 e. The smallest absolute Gasteiger partial charge is 0.366 e. The lowest BCUT2D eigenvalue weighted by Crippen LogP contribution is -2.44. The van der Waals surface area contributed by atoms with Gasteiger partial charge in [-0.15, -0.1) is 11.3 Å². The van der Waals surface area contributed by atoms with Crippen molar-refractivity contribution in [3.8, 4) is 0 Å². The van der Waals surface area contributed by atoms with Gasteiger partial charge < -0.3 is 11.1 Å². The average Bonchev–Trinajstić information content (AvgIpc) is 2.93. The molecule has 1 fully saturated rings. The maximum absolute atomic E-state index is 12.2. The Hall–Kier alpha value is -1.61. The number of primary amides is 1. The summed E-state index contributed by atoms with van der Waals surface area (Å²) in [7, 11) is 0. The number of likely N-dealkylation sites (tertiary alicyclic amines) is 1. The Kier molecular flexibility index (Phi) is 5.64. The summed E-state index contributed by atoms with van der Waals surface area (Å²) in [6.45, 7) is 0.441. The van der Waals surface area contributed by atoms with E-state index in [2.05, 4.69) is 0 Å². The maximum Gasteiger partial charge on any atom is 0.405 e. The van der Waals surface area contributed by atoms with Crippen molar-refractivity contribution in [1.82, 2.24) is 10.2 Å². The number of nitrogens with one attached hydrogen (secondary N) is 1. The fourth-order valence-corrected chi connectivity index (χ4v) is 3.47. The highest BCUT2D eigenvalue weighted by atomic mass is 32.1. The molecule has 128 valence electrons. The molecule has 0 spiro atoms. The van der Waals surface area contributed by atoms with E-state index in [0.717, 1.165) is 17.8 Å². The van der Waals surface area contributed by atoms with Gasteiger partial charge in [-0.1, -0.05) is 0 Å². The summed E-state index contributed by atoms with van der Waals surface area (Å²) in [5.74, 6) is -1.49. The molecule has 9 heteroatoms. The molecule has 0 radical (unpaired) electrons. The number of hydrogen-bond acceptors (Lipinski definition) is 4. The van der Waals surface area contributed by atoms with Crippen LogP contribution in [0.1, 0.15) is 28.1 Å². The molecule has 3 N–H and O–H groups in total. The fraction of sp³-hybridized carbons (Fsp3) is 0.571. The summed E-state index contributed by atoms with van der Waals surface area (Å²) >= 11 is 1.40. The largest absolute Gasteiger partial charge is 0.405 e. The van der Waals surface area contributed by atoms with Gasteiger partial charge in [-0.3, -0.25) is 14.5 Å². The first-order valence-electron chi connectivity index (χ1n) is 7.18. The maximum atomic E-state index is 12.2. The highest BCUT2D eigenvalue weighted by molar-refractivity contribution is 7.10. The molecule has 5 nitrogen and oxygen atoms in total. The normalized spacial score (nSPS) is 19.5. The first kappa shape index (κ1) is 17.7. The molecular weight excluding hydrogens is 331 g/mol. The first-order valence-corrected chi connectivity index (χ1v) is 8.06.